The average molecular weight is 362 g/mol. The van der Waals surface area contributed by atoms with E-state index in [1.165, 1.54) is 6.92 Å². The molecule has 25 heavy (non-hydrogen) atoms. The standard InChI is InChI=1S/C15H22O10/c1-7(17)21-12-11(6-16)25-15(5,24-10(4)20)14(23-9(3)19)13(12)22-8(2)18/h11-14,16H,6H2,1-5H3/t11-,12-,13+,14+,15+/m1/s1. The minimum Gasteiger partial charge on any atom is -0.456 e. The van der Waals surface area contributed by atoms with Gasteiger partial charge in [0, 0.05) is 34.6 Å². The maximum atomic E-state index is 11.5. The molecule has 1 rings (SSSR count). The van der Waals surface area contributed by atoms with Gasteiger partial charge in [-0.05, 0) is 0 Å². The molecule has 0 radical (unpaired) electrons. The van der Waals surface area contributed by atoms with Gasteiger partial charge < -0.3 is 28.8 Å². The van der Waals surface area contributed by atoms with Crippen molar-refractivity contribution in [2.75, 3.05) is 6.61 Å². The van der Waals surface area contributed by atoms with Crippen LogP contribution in [0.15, 0.2) is 0 Å². The Labute approximate surface area is 144 Å². The number of aliphatic hydroxyl groups is 1. The highest BCUT2D eigenvalue weighted by molar-refractivity contribution is 5.69. The molecule has 0 saturated carbocycles. The molecule has 0 unspecified atom stereocenters. The zero-order chi connectivity index (χ0) is 19.4. The summed E-state index contributed by atoms with van der Waals surface area (Å²) >= 11 is 0. The maximum absolute atomic E-state index is 11.5. The summed E-state index contributed by atoms with van der Waals surface area (Å²) in [5.74, 6) is -4.90. The first-order valence-corrected chi connectivity index (χ1v) is 7.50. The summed E-state index contributed by atoms with van der Waals surface area (Å²) in [4.78, 5) is 45.8. The molecule has 0 aromatic carbocycles. The number of hydrogen-bond acceptors (Lipinski definition) is 10. The predicted octanol–water partition coefficient (Wildman–Crippen LogP) is -0.548. The molecule has 142 valence electrons. The maximum Gasteiger partial charge on any atom is 0.305 e. The van der Waals surface area contributed by atoms with Gasteiger partial charge in [0.1, 0.15) is 6.10 Å². The number of rotatable bonds is 5. The molecule has 0 spiro atoms. The van der Waals surface area contributed by atoms with Gasteiger partial charge in [0.15, 0.2) is 12.2 Å². The molecule has 1 N–H and O–H groups in total. The van der Waals surface area contributed by atoms with Gasteiger partial charge in [-0.2, -0.15) is 0 Å². The summed E-state index contributed by atoms with van der Waals surface area (Å²) in [6.07, 6.45) is -5.26. The quantitative estimate of drug-likeness (QED) is 0.501. The Morgan fingerprint density at radius 2 is 1.36 bits per heavy atom. The number of carbonyl (C=O) groups excluding carboxylic acids is 4. The third kappa shape index (κ3) is 5.40. The zero-order valence-corrected chi connectivity index (χ0v) is 14.6. The molecule has 0 aliphatic carbocycles. The largest absolute Gasteiger partial charge is 0.456 e. The lowest BCUT2D eigenvalue weighted by molar-refractivity contribution is -0.346. The Morgan fingerprint density at radius 3 is 1.76 bits per heavy atom. The van der Waals surface area contributed by atoms with Crippen molar-refractivity contribution in [2.45, 2.75) is 64.8 Å². The van der Waals surface area contributed by atoms with Crippen LogP contribution in [0.3, 0.4) is 0 Å². The lowest BCUT2D eigenvalue weighted by Crippen LogP contribution is -2.68. The highest BCUT2D eigenvalue weighted by Crippen LogP contribution is 2.36. The molecule has 1 saturated heterocycles. The fraction of sp³-hybridized carbons (Fsp3) is 0.733. The normalized spacial score (nSPS) is 31.6. The Bertz CT molecular complexity index is 544. The highest BCUT2D eigenvalue weighted by Gasteiger charge is 2.59. The van der Waals surface area contributed by atoms with Crippen molar-refractivity contribution in [2.24, 2.45) is 0 Å². The van der Waals surface area contributed by atoms with Gasteiger partial charge in [-0.15, -0.1) is 0 Å². The topological polar surface area (TPSA) is 135 Å². The molecule has 0 aromatic rings. The Kier molecular flexibility index (Phi) is 6.88. The van der Waals surface area contributed by atoms with Crippen LogP contribution in [0.25, 0.3) is 0 Å². The fourth-order valence-corrected chi connectivity index (χ4v) is 2.63. The van der Waals surface area contributed by atoms with Crippen LogP contribution in [0, 0.1) is 0 Å². The van der Waals surface area contributed by atoms with Gasteiger partial charge in [0.2, 0.25) is 6.10 Å². The Balaban J connectivity index is 3.38. The lowest BCUT2D eigenvalue weighted by Gasteiger charge is -2.48. The molecule has 0 aromatic heterocycles. The number of aliphatic hydroxyl groups excluding tert-OH is 1. The number of ether oxygens (including phenoxy) is 5. The van der Waals surface area contributed by atoms with E-state index in [2.05, 4.69) is 0 Å². The van der Waals surface area contributed by atoms with E-state index in [1.807, 2.05) is 0 Å². The number of carbonyl (C=O) groups is 4. The SMILES string of the molecule is CC(=O)O[C@H]1[C@H](OC(C)=O)[C@H](OC(C)=O)[C@@](C)(OC(C)=O)O[C@@H]1CO. The van der Waals surface area contributed by atoms with Crippen molar-refractivity contribution in [3.05, 3.63) is 0 Å². The van der Waals surface area contributed by atoms with Gasteiger partial charge in [-0.3, -0.25) is 19.2 Å². The molecule has 10 heteroatoms. The van der Waals surface area contributed by atoms with Crippen LogP contribution >= 0.6 is 0 Å². The molecule has 10 nitrogen and oxygen atoms in total. The first-order chi connectivity index (χ1) is 11.5. The summed E-state index contributed by atoms with van der Waals surface area (Å²) in [7, 11) is 0. The van der Waals surface area contributed by atoms with E-state index >= 15 is 0 Å². The van der Waals surface area contributed by atoms with Crippen molar-refractivity contribution in [3.63, 3.8) is 0 Å². The smallest absolute Gasteiger partial charge is 0.305 e. The molecular formula is C15H22O10. The van der Waals surface area contributed by atoms with Crippen molar-refractivity contribution in [1.82, 2.24) is 0 Å². The van der Waals surface area contributed by atoms with E-state index in [9.17, 15) is 24.3 Å². The molecule has 0 bridgehead atoms. The molecule has 5 atom stereocenters. The highest BCUT2D eigenvalue weighted by atomic mass is 16.8. The summed E-state index contributed by atoms with van der Waals surface area (Å²) in [6, 6.07) is 0. The van der Waals surface area contributed by atoms with Gasteiger partial charge >= 0.3 is 23.9 Å². The fourth-order valence-electron chi connectivity index (χ4n) is 2.63. The van der Waals surface area contributed by atoms with E-state index in [1.54, 1.807) is 0 Å². The second kappa shape index (κ2) is 8.26. The molecule has 1 fully saturated rings. The van der Waals surface area contributed by atoms with Crippen LogP contribution in [0.2, 0.25) is 0 Å². The zero-order valence-electron chi connectivity index (χ0n) is 14.6. The van der Waals surface area contributed by atoms with Crippen molar-refractivity contribution >= 4 is 23.9 Å². The van der Waals surface area contributed by atoms with Gasteiger partial charge in [-0.1, -0.05) is 0 Å². The summed E-state index contributed by atoms with van der Waals surface area (Å²) in [5.41, 5.74) is 0. The van der Waals surface area contributed by atoms with Crippen molar-refractivity contribution < 1.29 is 48.0 Å². The van der Waals surface area contributed by atoms with E-state index in [4.69, 9.17) is 23.7 Å². The molecule has 1 heterocycles. The van der Waals surface area contributed by atoms with E-state index < -0.39 is 60.7 Å². The van der Waals surface area contributed by atoms with Crippen LogP contribution in [0.1, 0.15) is 34.6 Å². The Hall–Kier alpha value is -2.20. The molecular weight excluding hydrogens is 340 g/mol. The van der Waals surface area contributed by atoms with Gasteiger partial charge in [0.05, 0.1) is 6.61 Å². The molecule has 0 amide bonds. The van der Waals surface area contributed by atoms with E-state index in [0.717, 1.165) is 27.7 Å². The van der Waals surface area contributed by atoms with Crippen LogP contribution < -0.4 is 0 Å². The molecule has 1 aliphatic heterocycles. The van der Waals surface area contributed by atoms with Crippen molar-refractivity contribution in [1.29, 1.82) is 0 Å². The minimum absolute atomic E-state index is 0.640. The van der Waals surface area contributed by atoms with Gasteiger partial charge in [0.25, 0.3) is 5.79 Å². The average Bonchev–Trinajstić information content (AvgIpc) is 2.43. The monoisotopic (exact) mass is 362 g/mol. The number of hydrogen-bond donors (Lipinski definition) is 1. The van der Waals surface area contributed by atoms with E-state index in [-0.39, 0.29) is 0 Å². The van der Waals surface area contributed by atoms with Crippen LogP contribution in [0.4, 0.5) is 0 Å². The third-order valence-corrected chi connectivity index (χ3v) is 3.31. The summed E-state index contributed by atoms with van der Waals surface area (Å²) in [6.45, 7) is 5.05. The van der Waals surface area contributed by atoms with Crippen LogP contribution in [0.5, 0.6) is 0 Å². The lowest BCUT2D eigenvalue weighted by atomic mass is 9.92. The minimum atomic E-state index is -1.87. The first kappa shape index (κ1) is 20.8. The van der Waals surface area contributed by atoms with Crippen LogP contribution in [-0.2, 0) is 42.9 Å². The Morgan fingerprint density at radius 1 is 0.880 bits per heavy atom. The number of esters is 4. The van der Waals surface area contributed by atoms with Gasteiger partial charge in [-0.25, -0.2) is 0 Å². The summed E-state index contributed by atoms with van der Waals surface area (Å²) < 4.78 is 26.0. The first-order valence-electron chi connectivity index (χ1n) is 7.50. The third-order valence-electron chi connectivity index (χ3n) is 3.31. The second-order valence-corrected chi connectivity index (χ2v) is 5.63. The second-order valence-electron chi connectivity index (χ2n) is 5.63. The predicted molar refractivity (Wildman–Crippen MR) is 78.8 cm³/mol. The molecule has 1 aliphatic rings. The van der Waals surface area contributed by atoms with Crippen LogP contribution in [-0.4, -0.2) is 65.8 Å². The van der Waals surface area contributed by atoms with E-state index in [0.29, 0.717) is 0 Å². The summed E-state index contributed by atoms with van der Waals surface area (Å²) in [5, 5.41) is 9.56. The van der Waals surface area contributed by atoms with Crippen molar-refractivity contribution in [3.8, 4) is 0 Å².